The Morgan fingerprint density at radius 1 is 0.538 bits per heavy atom. The van der Waals surface area contributed by atoms with Crippen molar-refractivity contribution in [2.24, 2.45) is 0 Å². The summed E-state index contributed by atoms with van der Waals surface area (Å²) in [6.07, 6.45) is 4.05. The lowest BCUT2D eigenvalue weighted by atomic mass is 9.58. The summed E-state index contributed by atoms with van der Waals surface area (Å²) in [5.41, 5.74) is 19.4. The van der Waals surface area contributed by atoms with Crippen molar-refractivity contribution in [3.8, 4) is 56.4 Å². The Morgan fingerprint density at radius 2 is 1.15 bits per heavy atom. The van der Waals surface area contributed by atoms with Crippen LogP contribution in [-0.2, 0) is 12.8 Å². The first-order valence-electron chi connectivity index (χ1n) is 22.8. The minimum absolute atomic E-state index is 0.0514. The molecule has 0 saturated heterocycles. The van der Waals surface area contributed by atoms with Crippen LogP contribution in [0, 0.1) is 0 Å². The van der Waals surface area contributed by atoms with Gasteiger partial charge in [-0.15, -0.1) is 0 Å². The molecule has 12 rings (SSSR count). The molecule has 0 fully saturated rings. The van der Waals surface area contributed by atoms with E-state index < -0.39 is 0 Å². The second-order valence-corrected chi connectivity index (χ2v) is 17.8. The number of hydrogen-bond donors (Lipinski definition) is 0. The molecule has 4 heterocycles. The molecule has 7 heteroatoms. The molecule has 3 aliphatic rings. The molecule has 3 aliphatic heterocycles. The third kappa shape index (κ3) is 6.52. The van der Waals surface area contributed by atoms with E-state index in [-0.39, 0.29) is 6.98 Å². The minimum atomic E-state index is -0.0514. The number of aryl methyl sites for hydroxylation is 2. The van der Waals surface area contributed by atoms with Crippen LogP contribution in [0.2, 0.25) is 0 Å². The van der Waals surface area contributed by atoms with E-state index >= 15 is 0 Å². The van der Waals surface area contributed by atoms with Gasteiger partial charge in [0.15, 0.2) is 0 Å². The molecule has 9 aromatic rings. The molecule has 0 radical (unpaired) electrons. The highest BCUT2D eigenvalue weighted by Gasteiger charge is 2.41. The zero-order chi connectivity index (χ0) is 43.6. The average molecular weight is 842 g/mol. The Labute approximate surface area is 381 Å². The van der Waals surface area contributed by atoms with Crippen LogP contribution in [0.1, 0.15) is 36.5 Å². The maximum Gasteiger partial charge on any atom is 0.417 e. The lowest BCUT2D eigenvalue weighted by Gasteiger charge is -2.38. The van der Waals surface area contributed by atoms with Gasteiger partial charge in [-0.25, -0.2) is 4.98 Å². The summed E-state index contributed by atoms with van der Waals surface area (Å²) >= 11 is 0. The van der Waals surface area contributed by atoms with Gasteiger partial charge in [0.05, 0.1) is 29.0 Å². The summed E-state index contributed by atoms with van der Waals surface area (Å²) < 4.78 is 9.34. The van der Waals surface area contributed by atoms with Gasteiger partial charge in [-0.2, -0.15) is 0 Å². The SMILES string of the molecule is CC(C)c1cccc2c1B1N(C)c3ccc(Oc4cccc(N5CN(c6c(-c7ccccc7)cccc6-c6ccccc6)c6ccccc65)c4)cc3-c3ncc(n31)-c1ccccc1CC2. The fraction of sp³-hybridized carbons (Fsp3) is 0.121. The highest BCUT2D eigenvalue weighted by molar-refractivity contribution is 6.77. The van der Waals surface area contributed by atoms with Gasteiger partial charge in [0.1, 0.15) is 24.0 Å². The topological polar surface area (TPSA) is 36.8 Å². The van der Waals surface area contributed by atoms with Gasteiger partial charge < -0.3 is 23.8 Å². The third-order valence-corrected chi connectivity index (χ3v) is 13.7. The van der Waals surface area contributed by atoms with Crippen molar-refractivity contribution >= 4 is 40.9 Å². The Balaban J connectivity index is 0.918. The molecule has 0 saturated carbocycles. The molecule has 0 atom stereocenters. The molecule has 0 unspecified atom stereocenters. The van der Waals surface area contributed by atoms with Crippen molar-refractivity contribution in [2.75, 3.05) is 28.3 Å². The van der Waals surface area contributed by atoms with E-state index in [1.165, 1.54) is 55.7 Å². The minimum Gasteiger partial charge on any atom is -0.457 e. The summed E-state index contributed by atoms with van der Waals surface area (Å²) in [5, 5.41) is 0. The number of benzene rings is 8. The van der Waals surface area contributed by atoms with Gasteiger partial charge in [-0.05, 0) is 102 Å². The summed E-state index contributed by atoms with van der Waals surface area (Å²) in [7, 11) is 2.24. The van der Waals surface area contributed by atoms with E-state index in [2.05, 4.69) is 234 Å². The smallest absolute Gasteiger partial charge is 0.417 e. The van der Waals surface area contributed by atoms with E-state index in [4.69, 9.17) is 9.72 Å². The fourth-order valence-corrected chi connectivity index (χ4v) is 10.6. The number of fused-ring (bicyclic) bond motifs is 7. The molecular weight excluding hydrogens is 793 g/mol. The lowest BCUT2D eigenvalue weighted by Crippen LogP contribution is -2.57. The second-order valence-electron chi connectivity index (χ2n) is 17.8. The summed E-state index contributed by atoms with van der Waals surface area (Å²) in [5.74, 6) is 2.87. The van der Waals surface area contributed by atoms with Crippen LogP contribution in [0.4, 0.5) is 28.4 Å². The molecule has 314 valence electrons. The fourth-order valence-electron chi connectivity index (χ4n) is 10.6. The van der Waals surface area contributed by atoms with E-state index in [0.29, 0.717) is 12.6 Å². The Kier molecular flexibility index (Phi) is 9.44. The number of rotatable bonds is 7. The van der Waals surface area contributed by atoms with Crippen molar-refractivity contribution < 1.29 is 4.74 Å². The maximum absolute atomic E-state index is 6.85. The summed E-state index contributed by atoms with van der Waals surface area (Å²) in [6.45, 7) is 5.21. The number of hydrogen-bond acceptors (Lipinski definition) is 5. The first kappa shape index (κ1) is 38.9. The zero-order valence-electron chi connectivity index (χ0n) is 36.9. The number of para-hydroxylation sites is 3. The van der Waals surface area contributed by atoms with Crippen molar-refractivity contribution in [3.05, 3.63) is 211 Å². The molecule has 6 nitrogen and oxygen atoms in total. The Hall–Kier alpha value is -7.77. The van der Waals surface area contributed by atoms with Crippen LogP contribution >= 0.6 is 0 Å². The zero-order valence-corrected chi connectivity index (χ0v) is 36.9. The van der Waals surface area contributed by atoms with Crippen LogP contribution in [-0.4, -0.2) is 30.2 Å². The third-order valence-electron chi connectivity index (χ3n) is 13.7. The Bertz CT molecular complexity index is 3190. The van der Waals surface area contributed by atoms with Crippen molar-refractivity contribution in [1.82, 2.24) is 9.46 Å². The molecule has 8 aromatic carbocycles. The predicted molar refractivity (Wildman–Crippen MR) is 270 cm³/mol. The van der Waals surface area contributed by atoms with E-state index in [0.717, 1.165) is 64.2 Å². The molecular formula is C58H48BN5O. The molecule has 1 aromatic heterocycles. The summed E-state index contributed by atoms with van der Waals surface area (Å²) in [6, 6.07) is 67.6. The van der Waals surface area contributed by atoms with Crippen molar-refractivity contribution in [3.63, 3.8) is 0 Å². The standard InChI is InChI=1S/C58H48BN5O/c1-39(2)47-26-14-22-43-32-31-42-21-10-11-25-48(42)55-37-60-58-51-36-46(33-34-52(51)61(3)59(56(43)47)64(55)58)65-45-24-15-23-44(35-45)62-38-63(54-30-13-12-29-53(54)62)57-49(40-17-6-4-7-18-40)27-16-28-50(57)41-19-8-5-9-20-41/h4-30,33-37,39H,31-32,38H2,1-3H3. The largest absolute Gasteiger partial charge is 0.457 e. The number of aromatic nitrogens is 2. The highest BCUT2D eigenvalue weighted by atomic mass is 16.5. The normalized spacial score (nSPS) is 13.6. The lowest BCUT2D eigenvalue weighted by molar-refractivity contribution is 0.483. The molecule has 0 amide bonds. The van der Waals surface area contributed by atoms with E-state index in [1.807, 2.05) is 0 Å². The summed E-state index contributed by atoms with van der Waals surface area (Å²) in [4.78, 5) is 12.6. The molecule has 0 bridgehead atoms. The molecule has 0 aliphatic carbocycles. The van der Waals surface area contributed by atoms with Gasteiger partial charge in [0, 0.05) is 39.7 Å². The van der Waals surface area contributed by atoms with Gasteiger partial charge in [0.2, 0.25) is 0 Å². The van der Waals surface area contributed by atoms with Crippen molar-refractivity contribution in [2.45, 2.75) is 32.6 Å². The quantitative estimate of drug-likeness (QED) is 0.149. The number of imidazole rings is 1. The average Bonchev–Trinajstić information content (AvgIpc) is 3.98. The van der Waals surface area contributed by atoms with E-state index in [9.17, 15) is 0 Å². The predicted octanol–water partition coefficient (Wildman–Crippen LogP) is 13.5. The first-order valence-corrected chi connectivity index (χ1v) is 22.8. The molecule has 0 spiro atoms. The van der Waals surface area contributed by atoms with Gasteiger partial charge in [0.25, 0.3) is 0 Å². The van der Waals surface area contributed by atoms with Gasteiger partial charge in [-0.3, -0.25) is 0 Å². The second kappa shape index (κ2) is 15.8. The molecule has 0 N–H and O–H groups in total. The highest BCUT2D eigenvalue weighted by Crippen LogP contribution is 2.50. The van der Waals surface area contributed by atoms with Crippen LogP contribution < -0.4 is 24.8 Å². The Morgan fingerprint density at radius 3 is 1.91 bits per heavy atom. The maximum atomic E-state index is 6.85. The van der Waals surface area contributed by atoms with Crippen LogP contribution in [0.3, 0.4) is 0 Å². The molecule has 65 heavy (non-hydrogen) atoms. The van der Waals surface area contributed by atoms with E-state index in [1.54, 1.807) is 0 Å². The first-order chi connectivity index (χ1) is 32.0. The number of nitrogens with zero attached hydrogens (tertiary/aromatic N) is 5. The monoisotopic (exact) mass is 841 g/mol. The number of anilines is 5. The van der Waals surface area contributed by atoms with Gasteiger partial charge in [-0.1, -0.05) is 153 Å². The van der Waals surface area contributed by atoms with Crippen LogP contribution in [0.25, 0.3) is 44.9 Å². The van der Waals surface area contributed by atoms with Crippen molar-refractivity contribution in [1.29, 1.82) is 0 Å². The van der Waals surface area contributed by atoms with Crippen LogP contribution in [0.15, 0.2) is 194 Å². The number of ether oxygens (including phenoxy) is 1. The van der Waals surface area contributed by atoms with Gasteiger partial charge >= 0.3 is 6.98 Å². The van der Waals surface area contributed by atoms with Crippen LogP contribution in [0.5, 0.6) is 11.5 Å².